The van der Waals surface area contributed by atoms with E-state index < -0.39 is 5.60 Å². The highest BCUT2D eigenvalue weighted by Gasteiger charge is 2.35. The number of benzene rings is 2. The van der Waals surface area contributed by atoms with Crippen molar-refractivity contribution in [2.75, 3.05) is 26.2 Å². The normalized spacial score (nSPS) is 16.3. The molecule has 0 radical (unpaired) electrons. The van der Waals surface area contributed by atoms with E-state index in [1.165, 1.54) is 12.5 Å². The van der Waals surface area contributed by atoms with Crippen LogP contribution in [-0.2, 0) is 27.2 Å². The minimum absolute atomic E-state index is 0.00308. The summed E-state index contributed by atoms with van der Waals surface area (Å²) in [4.78, 5) is 35.5. The van der Waals surface area contributed by atoms with Gasteiger partial charge in [-0.2, -0.15) is 0 Å². The minimum atomic E-state index is -0.479. The smallest absolute Gasteiger partial charge is 0.410 e. The van der Waals surface area contributed by atoms with E-state index in [4.69, 9.17) is 14.2 Å². The maximum atomic E-state index is 11.9. The summed E-state index contributed by atoms with van der Waals surface area (Å²) >= 11 is 0. The van der Waals surface area contributed by atoms with Crippen LogP contribution in [0.4, 0.5) is 4.79 Å². The van der Waals surface area contributed by atoms with Gasteiger partial charge >= 0.3 is 6.09 Å². The summed E-state index contributed by atoms with van der Waals surface area (Å²) in [7, 11) is 0. The first-order chi connectivity index (χ1) is 20.3. The molecule has 2 heterocycles. The van der Waals surface area contributed by atoms with Crippen LogP contribution in [0.5, 0.6) is 11.5 Å². The first-order valence-electron chi connectivity index (χ1n) is 15.0. The van der Waals surface area contributed by atoms with Crippen LogP contribution in [0.2, 0.25) is 0 Å². The number of ether oxygens (including phenoxy) is 3. The molecule has 236 valence electrons. The van der Waals surface area contributed by atoms with Crippen molar-refractivity contribution in [3.63, 3.8) is 0 Å². The lowest BCUT2D eigenvalue weighted by atomic mass is 10.1. The van der Waals surface area contributed by atoms with Gasteiger partial charge in [0.25, 0.3) is 0 Å². The van der Waals surface area contributed by atoms with Crippen molar-refractivity contribution >= 4 is 17.9 Å². The molecule has 2 aliphatic heterocycles. The lowest BCUT2D eigenvalue weighted by molar-refractivity contribution is -0.120. The Morgan fingerprint density at radius 3 is 1.56 bits per heavy atom. The summed E-state index contributed by atoms with van der Waals surface area (Å²) in [5.41, 5.74) is 1.86. The van der Waals surface area contributed by atoms with Crippen LogP contribution in [0.3, 0.4) is 0 Å². The average molecular weight is 597 g/mol. The number of hydrogen-bond acceptors (Lipinski definition) is 7. The van der Waals surface area contributed by atoms with Gasteiger partial charge in [-0.15, -0.1) is 0 Å². The van der Waals surface area contributed by atoms with Crippen LogP contribution in [0.25, 0.3) is 0 Å². The van der Waals surface area contributed by atoms with Gasteiger partial charge in [0.2, 0.25) is 11.8 Å². The second-order valence-corrected chi connectivity index (χ2v) is 12.4. The van der Waals surface area contributed by atoms with Gasteiger partial charge in [-0.05, 0) is 82.9 Å². The number of nitrogens with one attached hydrogen (secondary N) is 3. The quantitative estimate of drug-likeness (QED) is 0.381. The third kappa shape index (κ3) is 12.5. The number of nitrogens with zero attached hydrogens (tertiary/aromatic N) is 1. The Morgan fingerprint density at radius 2 is 1.21 bits per heavy atom. The maximum Gasteiger partial charge on any atom is 0.410 e. The van der Waals surface area contributed by atoms with E-state index in [1.54, 1.807) is 11.8 Å². The molecule has 2 unspecified atom stereocenters. The second-order valence-electron chi connectivity index (χ2n) is 12.4. The Morgan fingerprint density at radius 1 is 0.791 bits per heavy atom. The zero-order chi connectivity index (χ0) is 31.6. The van der Waals surface area contributed by atoms with Crippen LogP contribution in [-0.4, -0.2) is 78.9 Å². The number of carbonyl (C=O) groups excluding carboxylic acids is 3. The van der Waals surface area contributed by atoms with Gasteiger partial charge in [-0.25, -0.2) is 4.79 Å². The molecule has 2 aromatic carbocycles. The van der Waals surface area contributed by atoms with Crippen LogP contribution in [0, 0.1) is 0 Å². The molecule has 2 fully saturated rings. The highest BCUT2D eigenvalue weighted by atomic mass is 16.6. The lowest BCUT2D eigenvalue weighted by Crippen LogP contribution is -2.57. The topological polar surface area (TPSA) is 118 Å². The third-order valence-electron chi connectivity index (χ3n) is 6.68. The fourth-order valence-electron chi connectivity index (χ4n) is 4.63. The molecule has 10 nitrogen and oxygen atoms in total. The molecule has 3 amide bonds. The molecule has 2 atom stereocenters. The summed E-state index contributed by atoms with van der Waals surface area (Å²) in [5.74, 6) is 1.69. The van der Waals surface area contributed by atoms with Crippen molar-refractivity contribution in [2.24, 2.45) is 0 Å². The van der Waals surface area contributed by atoms with E-state index >= 15 is 0 Å². The number of amides is 3. The Kier molecular flexibility index (Phi) is 12.2. The zero-order valence-corrected chi connectivity index (χ0v) is 26.6. The highest BCUT2D eigenvalue weighted by Crippen LogP contribution is 2.21. The highest BCUT2D eigenvalue weighted by molar-refractivity contribution is 5.73. The Bertz CT molecular complexity index is 1190. The molecule has 0 bridgehead atoms. The van der Waals surface area contributed by atoms with Crippen LogP contribution in [0.15, 0.2) is 48.5 Å². The summed E-state index contributed by atoms with van der Waals surface area (Å²) in [6.07, 6.45) is 1.63. The molecule has 10 heteroatoms. The summed E-state index contributed by atoms with van der Waals surface area (Å²) < 4.78 is 16.9. The van der Waals surface area contributed by atoms with Crippen LogP contribution >= 0.6 is 0 Å². The molecular formula is C33H48N4O6. The molecule has 0 aliphatic carbocycles. The van der Waals surface area contributed by atoms with E-state index in [1.807, 2.05) is 71.0 Å². The standard InChI is InChI=1S/C19H28N2O4.C14H20N2O2/c1-13(20-14(2)22)10-15-6-8-16(9-7-15)24-17-11-21(12-17)18(23)25-19(3,4)5;1-10(16-11(2)17)7-12-3-5-13(6-4-12)18-14-8-15-9-14/h6-9,13,17H,10-12H2,1-5H3,(H,20,22);3-6,10,14-15H,7-9H2,1-2H3,(H,16,17). The fraction of sp³-hybridized carbons (Fsp3) is 0.545. The summed E-state index contributed by atoms with van der Waals surface area (Å²) in [6.45, 7) is 15.5. The average Bonchev–Trinajstić information content (AvgIpc) is 2.83. The minimum Gasteiger partial charge on any atom is -0.488 e. The molecule has 0 aromatic heterocycles. The molecule has 2 aromatic rings. The third-order valence-corrected chi connectivity index (χ3v) is 6.68. The Labute approximate surface area is 255 Å². The fourth-order valence-corrected chi connectivity index (χ4v) is 4.63. The first-order valence-corrected chi connectivity index (χ1v) is 15.0. The van der Waals surface area contributed by atoms with E-state index in [0.717, 1.165) is 43.0 Å². The SMILES string of the molecule is CC(=O)NC(C)Cc1ccc(OC2CN(C(=O)OC(C)(C)C)C2)cc1.CC(=O)NC(C)Cc1ccc(OC2CNC2)cc1. The van der Waals surface area contributed by atoms with Crippen molar-refractivity contribution in [2.45, 2.75) is 91.2 Å². The molecule has 2 aliphatic rings. The van der Waals surface area contributed by atoms with Gasteiger partial charge in [-0.3, -0.25) is 9.59 Å². The number of carbonyl (C=O) groups is 3. The Hall–Kier alpha value is -3.79. The number of rotatable bonds is 10. The van der Waals surface area contributed by atoms with Gasteiger partial charge < -0.3 is 35.1 Å². The Balaban J connectivity index is 0.000000248. The van der Waals surface area contributed by atoms with Gasteiger partial charge in [-0.1, -0.05) is 24.3 Å². The molecule has 43 heavy (non-hydrogen) atoms. The van der Waals surface area contributed by atoms with E-state index in [2.05, 4.69) is 28.1 Å². The maximum absolute atomic E-state index is 11.9. The molecule has 0 saturated carbocycles. The predicted octanol–water partition coefficient (Wildman–Crippen LogP) is 3.86. The van der Waals surface area contributed by atoms with Gasteiger partial charge in [0.15, 0.2) is 0 Å². The molecule has 0 spiro atoms. The van der Waals surface area contributed by atoms with E-state index in [-0.39, 0.29) is 36.1 Å². The molecule has 4 rings (SSSR count). The summed E-state index contributed by atoms with van der Waals surface area (Å²) in [6, 6.07) is 16.2. The van der Waals surface area contributed by atoms with E-state index in [9.17, 15) is 14.4 Å². The lowest BCUT2D eigenvalue weighted by Gasteiger charge is -2.39. The summed E-state index contributed by atoms with van der Waals surface area (Å²) in [5, 5.41) is 8.92. The van der Waals surface area contributed by atoms with Gasteiger partial charge in [0.05, 0.1) is 13.1 Å². The zero-order valence-electron chi connectivity index (χ0n) is 26.6. The van der Waals surface area contributed by atoms with Crippen molar-refractivity contribution in [1.29, 1.82) is 0 Å². The number of likely N-dealkylation sites (tertiary alicyclic amines) is 1. The van der Waals surface area contributed by atoms with Gasteiger partial charge in [0.1, 0.15) is 29.3 Å². The van der Waals surface area contributed by atoms with Crippen molar-refractivity contribution < 1.29 is 28.6 Å². The molecule has 2 saturated heterocycles. The first kappa shape index (κ1) is 33.7. The van der Waals surface area contributed by atoms with Gasteiger partial charge in [0, 0.05) is 39.0 Å². The van der Waals surface area contributed by atoms with Crippen LogP contribution in [0.1, 0.15) is 59.6 Å². The second kappa shape index (κ2) is 15.6. The molecule has 3 N–H and O–H groups in total. The van der Waals surface area contributed by atoms with Crippen LogP contribution < -0.4 is 25.4 Å². The van der Waals surface area contributed by atoms with Crippen molar-refractivity contribution in [3.05, 3.63) is 59.7 Å². The molecular weight excluding hydrogens is 548 g/mol. The largest absolute Gasteiger partial charge is 0.488 e. The number of hydrogen-bond donors (Lipinski definition) is 3. The monoisotopic (exact) mass is 596 g/mol. The van der Waals surface area contributed by atoms with Crippen molar-refractivity contribution in [3.8, 4) is 11.5 Å². The predicted molar refractivity (Wildman–Crippen MR) is 166 cm³/mol. The van der Waals surface area contributed by atoms with Crippen molar-refractivity contribution in [1.82, 2.24) is 20.9 Å². The van der Waals surface area contributed by atoms with E-state index in [0.29, 0.717) is 19.2 Å².